The smallest absolute Gasteiger partial charge is 0.263 e. The van der Waals surface area contributed by atoms with Crippen LogP contribution >= 0.6 is 0 Å². The molecule has 2 aromatic rings. The van der Waals surface area contributed by atoms with Gasteiger partial charge in [0.25, 0.3) is 10.0 Å². The van der Waals surface area contributed by atoms with Gasteiger partial charge in [-0.2, -0.15) is 4.39 Å². The summed E-state index contributed by atoms with van der Waals surface area (Å²) in [6, 6.07) is 8.11. The number of rotatable bonds is 3. The van der Waals surface area contributed by atoms with Crippen molar-refractivity contribution in [2.45, 2.75) is 4.90 Å². The van der Waals surface area contributed by atoms with Crippen LogP contribution in [-0.4, -0.2) is 26.6 Å². The van der Waals surface area contributed by atoms with Crippen molar-refractivity contribution < 1.29 is 22.3 Å². The predicted octanol–water partition coefficient (Wildman–Crippen LogP) is 1.79. The number of hydrogen-bond donors (Lipinski definition) is 1. The molecule has 8 heteroatoms. The van der Waals surface area contributed by atoms with Gasteiger partial charge in [0.05, 0.1) is 4.90 Å². The molecule has 1 aliphatic rings. The molecule has 0 saturated heterocycles. The van der Waals surface area contributed by atoms with Gasteiger partial charge in [0.15, 0.2) is 11.5 Å². The van der Waals surface area contributed by atoms with Crippen molar-refractivity contribution in [1.82, 2.24) is 4.98 Å². The monoisotopic (exact) mass is 310 g/mol. The lowest BCUT2D eigenvalue weighted by molar-refractivity contribution is 0.171. The Morgan fingerprint density at radius 3 is 2.62 bits per heavy atom. The number of benzene rings is 1. The van der Waals surface area contributed by atoms with Gasteiger partial charge in [-0.3, -0.25) is 4.72 Å². The highest BCUT2D eigenvalue weighted by Crippen LogP contribution is 2.32. The Morgan fingerprint density at radius 1 is 1.10 bits per heavy atom. The molecule has 0 fully saturated rings. The lowest BCUT2D eigenvalue weighted by atomic mass is 10.3. The highest BCUT2D eigenvalue weighted by atomic mass is 32.2. The van der Waals surface area contributed by atoms with Crippen LogP contribution in [0.1, 0.15) is 0 Å². The highest BCUT2D eigenvalue weighted by Gasteiger charge is 2.20. The molecule has 110 valence electrons. The second kappa shape index (κ2) is 5.21. The van der Waals surface area contributed by atoms with E-state index in [2.05, 4.69) is 9.71 Å². The predicted molar refractivity (Wildman–Crippen MR) is 72.4 cm³/mol. The Morgan fingerprint density at radius 2 is 1.86 bits per heavy atom. The van der Waals surface area contributed by atoms with E-state index in [0.717, 1.165) is 6.07 Å². The number of halogens is 1. The maximum Gasteiger partial charge on any atom is 0.263 e. The van der Waals surface area contributed by atoms with Gasteiger partial charge in [0.1, 0.15) is 19.0 Å². The number of fused-ring (bicyclic) bond motifs is 1. The van der Waals surface area contributed by atoms with E-state index in [0.29, 0.717) is 24.7 Å². The van der Waals surface area contributed by atoms with Crippen LogP contribution in [-0.2, 0) is 10.0 Å². The fraction of sp³-hybridized carbons (Fsp3) is 0.154. The van der Waals surface area contributed by atoms with Crippen LogP contribution in [0.5, 0.6) is 11.5 Å². The summed E-state index contributed by atoms with van der Waals surface area (Å²) < 4.78 is 50.3. The van der Waals surface area contributed by atoms with Crippen LogP contribution in [0.25, 0.3) is 0 Å². The van der Waals surface area contributed by atoms with Gasteiger partial charge >= 0.3 is 0 Å². The van der Waals surface area contributed by atoms with Crippen LogP contribution in [0.3, 0.4) is 0 Å². The molecule has 0 unspecified atom stereocenters. The van der Waals surface area contributed by atoms with E-state index in [1.807, 2.05) is 0 Å². The summed E-state index contributed by atoms with van der Waals surface area (Å²) >= 11 is 0. The van der Waals surface area contributed by atoms with E-state index in [1.54, 1.807) is 0 Å². The third kappa shape index (κ3) is 2.89. The molecule has 1 aliphatic heterocycles. The van der Waals surface area contributed by atoms with Crippen molar-refractivity contribution in [1.29, 1.82) is 0 Å². The summed E-state index contributed by atoms with van der Waals surface area (Å²) in [5.74, 6) is -0.0114. The van der Waals surface area contributed by atoms with Crippen molar-refractivity contribution in [3.63, 3.8) is 0 Å². The van der Waals surface area contributed by atoms with E-state index in [9.17, 15) is 12.8 Å². The van der Waals surface area contributed by atoms with Gasteiger partial charge in [0.2, 0.25) is 5.95 Å². The van der Waals surface area contributed by atoms with E-state index in [-0.39, 0.29) is 10.7 Å². The van der Waals surface area contributed by atoms with Gasteiger partial charge in [-0.15, -0.1) is 0 Å². The standard InChI is InChI=1S/C13H11FN2O4S/c14-12-2-1-3-13(15-12)16-21(17,18)9-4-5-10-11(8-9)20-7-6-19-10/h1-5,8H,6-7H2,(H,15,16). The number of pyridine rings is 1. The van der Waals surface area contributed by atoms with Crippen LogP contribution in [0.4, 0.5) is 10.2 Å². The number of sulfonamides is 1. The van der Waals surface area contributed by atoms with Crippen LogP contribution in [0.15, 0.2) is 41.3 Å². The molecular formula is C13H11FN2O4S. The van der Waals surface area contributed by atoms with Crippen LogP contribution in [0, 0.1) is 5.95 Å². The first-order valence-electron chi connectivity index (χ1n) is 6.10. The van der Waals surface area contributed by atoms with E-state index < -0.39 is 16.0 Å². The Labute approximate surface area is 120 Å². The third-order valence-corrected chi connectivity index (χ3v) is 4.13. The molecule has 6 nitrogen and oxygen atoms in total. The topological polar surface area (TPSA) is 77.5 Å². The van der Waals surface area contributed by atoms with Crippen molar-refractivity contribution in [2.75, 3.05) is 17.9 Å². The second-order valence-electron chi connectivity index (χ2n) is 4.26. The Kier molecular flexibility index (Phi) is 3.38. The molecule has 3 rings (SSSR count). The molecule has 0 aliphatic carbocycles. The maximum atomic E-state index is 13.0. The first kappa shape index (κ1) is 13.6. The average Bonchev–Trinajstić information content (AvgIpc) is 2.46. The molecule has 1 aromatic carbocycles. The molecule has 21 heavy (non-hydrogen) atoms. The highest BCUT2D eigenvalue weighted by molar-refractivity contribution is 7.92. The van der Waals surface area contributed by atoms with E-state index >= 15 is 0 Å². The molecule has 0 bridgehead atoms. The molecule has 0 radical (unpaired) electrons. The second-order valence-corrected chi connectivity index (χ2v) is 5.94. The van der Waals surface area contributed by atoms with E-state index in [1.165, 1.54) is 30.3 Å². The summed E-state index contributed by atoms with van der Waals surface area (Å²) in [7, 11) is -3.88. The molecule has 0 atom stereocenters. The largest absolute Gasteiger partial charge is 0.486 e. The van der Waals surface area contributed by atoms with Crippen molar-refractivity contribution in [2.24, 2.45) is 0 Å². The van der Waals surface area contributed by atoms with Crippen LogP contribution in [0.2, 0.25) is 0 Å². The molecule has 2 heterocycles. The summed E-state index contributed by atoms with van der Waals surface area (Å²) in [5.41, 5.74) is 0. The fourth-order valence-electron chi connectivity index (χ4n) is 1.85. The minimum absolute atomic E-state index is 0.0159. The first-order valence-corrected chi connectivity index (χ1v) is 7.58. The quantitative estimate of drug-likeness (QED) is 0.875. The fourth-order valence-corrected chi connectivity index (χ4v) is 2.87. The third-order valence-electron chi connectivity index (χ3n) is 2.78. The van der Waals surface area contributed by atoms with Gasteiger partial charge < -0.3 is 9.47 Å². The Hall–Kier alpha value is -2.35. The van der Waals surface area contributed by atoms with Gasteiger partial charge in [0, 0.05) is 6.07 Å². The summed E-state index contributed by atoms with van der Waals surface area (Å²) in [6.45, 7) is 0.778. The number of hydrogen-bond acceptors (Lipinski definition) is 5. The van der Waals surface area contributed by atoms with Crippen LogP contribution < -0.4 is 14.2 Å². The number of nitrogens with one attached hydrogen (secondary N) is 1. The lowest BCUT2D eigenvalue weighted by Gasteiger charge is -2.18. The molecular weight excluding hydrogens is 299 g/mol. The zero-order valence-corrected chi connectivity index (χ0v) is 11.6. The minimum atomic E-state index is -3.88. The molecule has 0 saturated carbocycles. The van der Waals surface area contributed by atoms with Gasteiger partial charge in [-0.1, -0.05) is 6.07 Å². The molecule has 1 N–H and O–H groups in total. The summed E-state index contributed by atoms with van der Waals surface area (Å²) in [4.78, 5) is 3.44. The number of nitrogens with zero attached hydrogens (tertiary/aromatic N) is 1. The van der Waals surface area contributed by atoms with E-state index in [4.69, 9.17) is 9.47 Å². The van der Waals surface area contributed by atoms with Gasteiger partial charge in [-0.25, -0.2) is 13.4 Å². The zero-order chi connectivity index (χ0) is 14.9. The van der Waals surface area contributed by atoms with Gasteiger partial charge in [-0.05, 0) is 24.3 Å². The summed E-state index contributed by atoms with van der Waals surface area (Å²) in [5, 5.41) is 0. The lowest BCUT2D eigenvalue weighted by Crippen LogP contribution is -2.17. The van der Waals surface area contributed by atoms with Crippen molar-refractivity contribution >= 4 is 15.8 Å². The zero-order valence-electron chi connectivity index (χ0n) is 10.7. The SMILES string of the molecule is O=S(=O)(Nc1cccc(F)n1)c1ccc2c(c1)OCCO2. The van der Waals surface area contributed by atoms with Crippen molar-refractivity contribution in [3.8, 4) is 11.5 Å². The Balaban J connectivity index is 1.91. The van der Waals surface area contributed by atoms with Crippen molar-refractivity contribution in [3.05, 3.63) is 42.3 Å². The first-order chi connectivity index (χ1) is 10.0. The normalized spacial score (nSPS) is 13.8. The number of aromatic nitrogens is 1. The molecule has 0 amide bonds. The maximum absolute atomic E-state index is 13.0. The number of anilines is 1. The molecule has 1 aromatic heterocycles. The average molecular weight is 310 g/mol. The summed E-state index contributed by atoms with van der Waals surface area (Å²) in [6.07, 6.45) is 0. The molecule has 0 spiro atoms. The number of ether oxygens (including phenoxy) is 2. The Bertz CT molecular complexity index is 779. The minimum Gasteiger partial charge on any atom is -0.486 e.